The van der Waals surface area contributed by atoms with Crippen LogP contribution in [0.5, 0.6) is 0 Å². The van der Waals surface area contributed by atoms with Gasteiger partial charge in [-0.2, -0.15) is 0 Å². The van der Waals surface area contributed by atoms with Crippen LogP contribution in [-0.2, 0) is 16.1 Å². The second-order valence-electron chi connectivity index (χ2n) is 6.47. The number of primary amides is 1. The van der Waals surface area contributed by atoms with Gasteiger partial charge >= 0.3 is 0 Å². The van der Waals surface area contributed by atoms with Crippen LogP contribution < -0.4 is 5.73 Å². The van der Waals surface area contributed by atoms with Gasteiger partial charge < -0.3 is 15.2 Å². The first-order valence-corrected chi connectivity index (χ1v) is 9.67. The first kappa shape index (κ1) is 18.4. The standard InChI is InChI=1S/C18H23N5O2S/c1-13-20-21-18(23(13)10-14-6-3-2-4-7-14)26-12-16(24)22-9-5-8-15(11-22)17(19)25/h2-4,6-7,15H,5,8-12H2,1H3,(H2,19,25). The van der Waals surface area contributed by atoms with Gasteiger partial charge in [0, 0.05) is 13.1 Å². The Morgan fingerprint density at radius 1 is 1.27 bits per heavy atom. The fourth-order valence-electron chi connectivity index (χ4n) is 3.07. The topological polar surface area (TPSA) is 94.1 Å². The van der Waals surface area contributed by atoms with Crippen molar-refractivity contribution in [2.75, 3.05) is 18.8 Å². The average molecular weight is 373 g/mol. The number of aryl methyl sites for hydroxylation is 1. The molecule has 2 heterocycles. The van der Waals surface area contributed by atoms with Crippen LogP contribution in [-0.4, -0.2) is 50.3 Å². The number of likely N-dealkylation sites (tertiary alicyclic amines) is 1. The highest BCUT2D eigenvalue weighted by atomic mass is 32.2. The largest absolute Gasteiger partial charge is 0.369 e. The third-order valence-corrected chi connectivity index (χ3v) is 5.54. The zero-order valence-corrected chi connectivity index (χ0v) is 15.6. The van der Waals surface area contributed by atoms with Gasteiger partial charge in [0.25, 0.3) is 0 Å². The fourth-order valence-corrected chi connectivity index (χ4v) is 3.96. The van der Waals surface area contributed by atoms with Crippen LogP contribution in [0.4, 0.5) is 0 Å². The number of thioether (sulfide) groups is 1. The first-order chi connectivity index (χ1) is 12.5. The van der Waals surface area contributed by atoms with Crippen molar-refractivity contribution < 1.29 is 9.59 Å². The lowest BCUT2D eigenvalue weighted by Gasteiger charge is -2.31. The maximum absolute atomic E-state index is 12.5. The summed E-state index contributed by atoms with van der Waals surface area (Å²) in [4.78, 5) is 25.6. The van der Waals surface area contributed by atoms with Crippen LogP contribution in [0.3, 0.4) is 0 Å². The van der Waals surface area contributed by atoms with Crippen molar-refractivity contribution in [3.8, 4) is 0 Å². The van der Waals surface area contributed by atoms with Crippen molar-refractivity contribution >= 4 is 23.6 Å². The first-order valence-electron chi connectivity index (χ1n) is 8.68. The van der Waals surface area contributed by atoms with Crippen molar-refractivity contribution in [2.45, 2.75) is 31.5 Å². The lowest BCUT2D eigenvalue weighted by Crippen LogP contribution is -2.44. The van der Waals surface area contributed by atoms with Crippen LogP contribution >= 0.6 is 11.8 Å². The van der Waals surface area contributed by atoms with E-state index in [1.807, 2.05) is 29.7 Å². The zero-order chi connectivity index (χ0) is 18.5. The average Bonchev–Trinajstić information content (AvgIpc) is 3.00. The smallest absolute Gasteiger partial charge is 0.233 e. The van der Waals surface area contributed by atoms with Crippen molar-refractivity contribution in [1.29, 1.82) is 0 Å². The molecule has 7 nitrogen and oxygen atoms in total. The number of amides is 2. The number of aromatic nitrogens is 3. The minimum absolute atomic E-state index is 0.00728. The number of carbonyl (C=O) groups excluding carboxylic acids is 2. The van der Waals surface area contributed by atoms with E-state index in [2.05, 4.69) is 22.3 Å². The summed E-state index contributed by atoms with van der Waals surface area (Å²) in [6.07, 6.45) is 1.57. The summed E-state index contributed by atoms with van der Waals surface area (Å²) in [6.45, 7) is 3.68. The lowest BCUT2D eigenvalue weighted by atomic mass is 9.97. The summed E-state index contributed by atoms with van der Waals surface area (Å²) < 4.78 is 2.01. The number of rotatable bonds is 6. The molecule has 1 aromatic carbocycles. The highest BCUT2D eigenvalue weighted by Gasteiger charge is 2.27. The lowest BCUT2D eigenvalue weighted by molar-refractivity contribution is -0.132. The van der Waals surface area contributed by atoms with Crippen LogP contribution in [0, 0.1) is 12.8 Å². The Morgan fingerprint density at radius 2 is 2.04 bits per heavy atom. The summed E-state index contributed by atoms with van der Waals surface area (Å²) in [5.74, 6) is 0.539. The Balaban J connectivity index is 1.61. The quantitative estimate of drug-likeness (QED) is 0.774. The minimum Gasteiger partial charge on any atom is -0.369 e. The molecule has 0 spiro atoms. The Hall–Kier alpha value is -2.35. The normalized spacial score (nSPS) is 17.3. The van der Waals surface area contributed by atoms with E-state index in [1.54, 1.807) is 4.90 Å². The second kappa shape index (κ2) is 8.35. The SMILES string of the molecule is Cc1nnc(SCC(=O)N2CCCC(C(N)=O)C2)n1Cc1ccccc1. The van der Waals surface area contributed by atoms with Gasteiger partial charge in [-0.1, -0.05) is 42.1 Å². The van der Waals surface area contributed by atoms with E-state index in [0.717, 1.165) is 29.4 Å². The molecule has 0 aliphatic carbocycles. The molecule has 1 unspecified atom stereocenters. The molecule has 1 aliphatic heterocycles. The second-order valence-corrected chi connectivity index (χ2v) is 7.41. The molecule has 0 bridgehead atoms. The molecule has 3 rings (SSSR count). The summed E-state index contributed by atoms with van der Waals surface area (Å²) >= 11 is 1.38. The molecule has 2 amide bonds. The van der Waals surface area contributed by atoms with E-state index in [-0.39, 0.29) is 23.5 Å². The highest BCUT2D eigenvalue weighted by molar-refractivity contribution is 7.99. The van der Waals surface area contributed by atoms with Crippen molar-refractivity contribution in [3.63, 3.8) is 0 Å². The van der Waals surface area contributed by atoms with Crippen LogP contribution in [0.25, 0.3) is 0 Å². The van der Waals surface area contributed by atoms with Gasteiger partial charge in [0.2, 0.25) is 11.8 Å². The highest BCUT2D eigenvalue weighted by Crippen LogP contribution is 2.21. The zero-order valence-electron chi connectivity index (χ0n) is 14.8. The van der Waals surface area contributed by atoms with Crippen molar-refractivity contribution in [1.82, 2.24) is 19.7 Å². The number of hydrogen-bond acceptors (Lipinski definition) is 5. The third-order valence-electron chi connectivity index (χ3n) is 4.59. The monoisotopic (exact) mass is 373 g/mol. The maximum atomic E-state index is 12.5. The van der Waals surface area contributed by atoms with E-state index < -0.39 is 0 Å². The summed E-state index contributed by atoms with van der Waals surface area (Å²) in [5.41, 5.74) is 6.54. The third kappa shape index (κ3) is 4.43. The van der Waals surface area contributed by atoms with Gasteiger partial charge in [-0.05, 0) is 25.3 Å². The summed E-state index contributed by atoms with van der Waals surface area (Å²) in [6, 6.07) is 10.1. The van der Waals surface area contributed by atoms with Gasteiger partial charge in [0.05, 0.1) is 18.2 Å². The minimum atomic E-state index is -0.326. The predicted octanol–water partition coefficient (Wildman–Crippen LogP) is 1.45. The molecule has 8 heteroatoms. The van der Waals surface area contributed by atoms with Gasteiger partial charge in [0.15, 0.2) is 5.16 Å². The number of nitrogens with zero attached hydrogens (tertiary/aromatic N) is 4. The van der Waals surface area contributed by atoms with Gasteiger partial charge in [-0.25, -0.2) is 0 Å². The molecule has 0 saturated carbocycles. The Kier molecular flexibility index (Phi) is 5.92. The van der Waals surface area contributed by atoms with E-state index in [4.69, 9.17) is 5.73 Å². The number of carbonyl (C=O) groups is 2. The van der Waals surface area contributed by atoms with Crippen LogP contribution in [0.2, 0.25) is 0 Å². The molecular weight excluding hydrogens is 350 g/mol. The molecule has 1 aromatic heterocycles. The predicted molar refractivity (Wildman–Crippen MR) is 99.5 cm³/mol. The fraction of sp³-hybridized carbons (Fsp3) is 0.444. The molecule has 1 fully saturated rings. The summed E-state index contributed by atoms with van der Waals surface area (Å²) in [5, 5.41) is 9.07. The maximum Gasteiger partial charge on any atom is 0.233 e. The summed E-state index contributed by atoms with van der Waals surface area (Å²) in [7, 11) is 0. The van der Waals surface area contributed by atoms with E-state index >= 15 is 0 Å². The number of benzene rings is 1. The Bertz CT molecular complexity index is 777. The molecule has 1 saturated heterocycles. The molecule has 2 aromatic rings. The van der Waals surface area contributed by atoms with E-state index in [9.17, 15) is 9.59 Å². The van der Waals surface area contributed by atoms with Crippen molar-refractivity contribution in [2.24, 2.45) is 11.7 Å². The van der Waals surface area contributed by atoms with Gasteiger partial charge in [0.1, 0.15) is 5.82 Å². The molecule has 2 N–H and O–H groups in total. The Labute approximate surface area is 157 Å². The van der Waals surface area contributed by atoms with Crippen molar-refractivity contribution in [3.05, 3.63) is 41.7 Å². The van der Waals surface area contributed by atoms with Gasteiger partial charge in [-0.15, -0.1) is 10.2 Å². The number of piperidine rings is 1. The van der Waals surface area contributed by atoms with Crippen LogP contribution in [0.15, 0.2) is 35.5 Å². The molecular formula is C18H23N5O2S. The van der Waals surface area contributed by atoms with E-state index in [1.165, 1.54) is 11.8 Å². The molecule has 138 valence electrons. The number of hydrogen-bond donors (Lipinski definition) is 1. The van der Waals surface area contributed by atoms with Crippen LogP contribution in [0.1, 0.15) is 24.2 Å². The van der Waals surface area contributed by atoms with Gasteiger partial charge in [-0.3, -0.25) is 9.59 Å². The Morgan fingerprint density at radius 3 is 2.77 bits per heavy atom. The van der Waals surface area contributed by atoms with E-state index in [0.29, 0.717) is 19.6 Å². The molecule has 1 aliphatic rings. The molecule has 1 atom stereocenters. The number of nitrogens with two attached hydrogens (primary N) is 1. The molecule has 26 heavy (non-hydrogen) atoms. The molecule has 0 radical (unpaired) electrons.